The molecule has 1 N–H and O–H groups in total. The SMILES string of the molecule is CCCNc1nc(OCC(F)(F)F)c(Cl)cc1Cl. The van der Waals surface area contributed by atoms with E-state index in [2.05, 4.69) is 15.0 Å². The highest BCUT2D eigenvalue weighted by atomic mass is 35.5. The van der Waals surface area contributed by atoms with E-state index in [1.54, 1.807) is 0 Å². The Kier molecular flexibility index (Phi) is 5.34. The van der Waals surface area contributed by atoms with Gasteiger partial charge in [0.2, 0.25) is 5.88 Å². The van der Waals surface area contributed by atoms with E-state index in [9.17, 15) is 13.2 Å². The minimum atomic E-state index is -4.44. The molecule has 8 heteroatoms. The molecule has 0 radical (unpaired) electrons. The molecule has 0 aliphatic heterocycles. The molecule has 102 valence electrons. The third-order valence-electron chi connectivity index (χ3n) is 1.81. The minimum Gasteiger partial charge on any atom is -0.467 e. The molecule has 0 aliphatic carbocycles. The summed E-state index contributed by atoms with van der Waals surface area (Å²) in [6.45, 7) is 1.07. The zero-order valence-corrected chi connectivity index (χ0v) is 11.0. The predicted octanol–water partition coefficient (Wildman–Crippen LogP) is 4.15. The normalized spacial score (nSPS) is 11.4. The van der Waals surface area contributed by atoms with Crippen molar-refractivity contribution >= 4 is 29.0 Å². The number of rotatable bonds is 5. The van der Waals surface area contributed by atoms with Crippen LogP contribution >= 0.6 is 23.2 Å². The van der Waals surface area contributed by atoms with Crippen LogP contribution < -0.4 is 10.1 Å². The van der Waals surface area contributed by atoms with Crippen LogP contribution in [-0.2, 0) is 0 Å². The first kappa shape index (κ1) is 15.2. The molecule has 1 aromatic rings. The lowest BCUT2D eigenvalue weighted by molar-refractivity contribution is -0.154. The van der Waals surface area contributed by atoms with Crippen molar-refractivity contribution in [1.29, 1.82) is 0 Å². The van der Waals surface area contributed by atoms with Crippen molar-refractivity contribution in [3.8, 4) is 5.88 Å². The van der Waals surface area contributed by atoms with Crippen LogP contribution in [0.25, 0.3) is 0 Å². The zero-order chi connectivity index (χ0) is 13.8. The van der Waals surface area contributed by atoms with Crippen molar-refractivity contribution in [2.75, 3.05) is 18.5 Å². The van der Waals surface area contributed by atoms with E-state index in [1.807, 2.05) is 6.92 Å². The van der Waals surface area contributed by atoms with Gasteiger partial charge in [-0.2, -0.15) is 18.2 Å². The number of anilines is 1. The molecule has 0 atom stereocenters. The van der Waals surface area contributed by atoms with E-state index in [0.29, 0.717) is 6.54 Å². The summed E-state index contributed by atoms with van der Waals surface area (Å²) in [5.41, 5.74) is 0. The van der Waals surface area contributed by atoms with E-state index in [4.69, 9.17) is 23.2 Å². The topological polar surface area (TPSA) is 34.2 Å². The molecule has 1 heterocycles. The van der Waals surface area contributed by atoms with Crippen molar-refractivity contribution in [1.82, 2.24) is 4.98 Å². The molecule has 0 saturated heterocycles. The fraction of sp³-hybridized carbons (Fsp3) is 0.500. The molecule has 0 bridgehead atoms. The maximum absolute atomic E-state index is 12.0. The molecule has 1 rings (SSSR count). The smallest absolute Gasteiger partial charge is 0.422 e. The van der Waals surface area contributed by atoms with Crippen LogP contribution in [0.5, 0.6) is 5.88 Å². The van der Waals surface area contributed by atoms with Gasteiger partial charge in [-0.15, -0.1) is 0 Å². The number of hydrogen-bond acceptors (Lipinski definition) is 3. The van der Waals surface area contributed by atoms with Gasteiger partial charge in [-0.3, -0.25) is 0 Å². The van der Waals surface area contributed by atoms with Crippen molar-refractivity contribution in [3.63, 3.8) is 0 Å². The Hall–Kier alpha value is -0.880. The first-order chi connectivity index (χ1) is 8.33. The molecular weight excluding hydrogens is 292 g/mol. The number of nitrogens with one attached hydrogen (secondary N) is 1. The van der Waals surface area contributed by atoms with E-state index < -0.39 is 12.8 Å². The molecule has 0 aliphatic rings. The summed E-state index contributed by atoms with van der Waals surface area (Å²) in [7, 11) is 0. The molecular formula is C10H11Cl2F3N2O. The highest BCUT2D eigenvalue weighted by Crippen LogP contribution is 2.31. The Labute approximate surface area is 112 Å². The van der Waals surface area contributed by atoms with Crippen LogP contribution in [0, 0.1) is 0 Å². The standard InChI is InChI=1S/C10H11Cl2F3N2O/c1-2-3-16-8-6(11)4-7(12)9(17-8)18-5-10(13,14)15/h4H,2-3,5H2,1H3,(H,16,17). The Morgan fingerprint density at radius 1 is 1.33 bits per heavy atom. The van der Waals surface area contributed by atoms with Gasteiger partial charge in [0.15, 0.2) is 6.61 Å². The van der Waals surface area contributed by atoms with Crippen LogP contribution in [0.1, 0.15) is 13.3 Å². The van der Waals surface area contributed by atoms with E-state index in [1.165, 1.54) is 6.07 Å². The molecule has 3 nitrogen and oxygen atoms in total. The summed E-state index contributed by atoms with van der Waals surface area (Å²) in [6.07, 6.45) is -3.62. The van der Waals surface area contributed by atoms with Gasteiger partial charge in [0, 0.05) is 6.54 Å². The van der Waals surface area contributed by atoms with E-state index in [0.717, 1.165) is 6.42 Å². The van der Waals surface area contributed by atoms with Crippen molar-refractivity contribution < 1.29 is 17.9 Å². The number of nitrogens with zero attached hydrogens (tertiary/aromatic N) is 1. The second-order valence-electron chi connectivity index (χ2n) is 3.44. The molecule has 0 aromatic carbocycles. The Balaban J connectivity index is 2.84. The zero-order valence-electron chi connectivity index (χ0n) is 9.44. The third-order valence-corrected chi connectivity index (χ3v) is 2.37. The van der Waals surface area contributed by atoms with Gasteiger partial charge in [0.05, 0.1) is 5.02 Å². The summed E-state index contributed by atoms with van der Waals surface area (Å²) in [5, 5.41) is 3.03. The number of alkyl halides is 3. The highest BCUT2D eigenvalue weighted by Gasteiger charge is 2.29. The van der Waals surface area contributed by atoms with Gasteiger partial charge in [-0.05, 0) is 12.5 Å². The lowest BCUT2D eigenvalue weighted by atomic mass is 10.4. The van der Waals surface area contributed by atoms with Gasteiger partial charge < -0.3 is 10.1 Å². The molecule has 18 heavy (non-hydrogen) atoms. The maximum atomic E-state index is 12.0. The van der Waals surface area contributed by atoms with Crippen LogP contribution in [0.4, 0.5) is 19.0 Å². The summed E-state index contributed by atoms with van der Waals surface area (Å²) in [6, 6.07) is 1.29. The van der Waals surface area contributed by atoms with Gasteiger partial charge >= 0.3 is 6.18 Å². The van der Waals surface area contributed by atoms with Gasteiger partial charge in [0.1, 0.15) is 10.8 Å². The summed E-state index contributed by atoms with van der Waals surface area (Å²) >= 11 is 11.5. The number of halogens is 5. The first-order valence-electron chi connectivity index (χ1n) is 5.13. The van der Waals surface area contributed by atoms with Crippen LogP contribution in [-0.4, -0.2) is 24.3 Å². The average Bonchev–Trinajstić information content (AvgIpc) is 2.25. The molecule has 0 amide bonds. The first-order valence-corrected chi connectivity index (χ1v) is 5.88. The van der Waals surface area contributed by atoms with Gasteiger partial charge in [0.25, 0.3) is 0 Å². The second kappa shape index (κ2) is 6.33. The van der Waals surface area contributed by atoms with Crippen molar-refractivity contribution in [2.45, 2.75) is 19.5 Å². The molecule has 0 unspecified atom stereocenters. The third kappa shape index (κ3) is 4.78. The van der Waals surface area contributed by atoms with Crippen LogP contribution in [0.15, 0.2) is 6.07 Å². The number of ether oxygens (including phenoxy) is 1. The summed E-state index contributed by atoms with van der Waals surface area (Å²) in [5.74, 6) is -0.0444. The maximum Gasteiger partial charge on any atom is 0.422 e. The van der Waals surface area contributed by atoms with E-state index >= 15 is 0 Å². The molecule has 0 fully saturated rings. The lowest BCUT2D eigenvalue weighted by Gasteiger charge is -2.12. The monoisotopic (exact) mass is 302 g/mol. The summed E-state index contributed by atoms with van der Waals surface area (Å²) < 4.78 is 40.6. The molecule has 0 spiro atoms. The second-order valence-corrected chi connectivity index (χ2v) is 4.25. The predicted molar refractivity (Wildman–Crippen MR) is 64.6 cm³/mol. The van der Waals surface area contributed by atoms with Crippen LogP contribution in [0.2, 0.25) is 10.0 Å². The summed E-state index contributed by atoms with van der Waals surface area (Å²) in [4.78, 5) is 3.82. The number of hydrogen-bond donors (Lipinski definition) is 1. The van der Waals surface area contributed by atoms with Crippen molar-refractivity contribution in [2.24, 2.45) is 0 Å². The van der Waals surface area contributed by atoms with Gasteiger partial charge in [-0.1, -0.05) is 30.1 Å². The van der Waals surface area contributed by atoms with E-state index in [-0.39, 0.29) is 21.7 Å². The fourth-order valence-corrected chi connectivity index (χ4v) is 1.55. The molecule has 1 aromatic heterocycles. The molecule has 0 saturated carbocycles. The minimum absolute atomic E-state index is 0.0636. The Morgan fingerprint density at radius 3 is 2.56 bits per heavy atom. The lowest BCUT2D eigenvalue weighted by Crippen LogP contribution is -2.20. The average molecular weight is 303 g/mol. The Morgan fingerprint density at radius 2 is 2.00 bits per heavy atom. The van der Waals surface area contributed by atoms with Crippen molar-refractivity contribution in [3.05, 3.63) is 16.1 Å². The fourth-order valence-electron chi connectivity index (χ4n) is 1.07. The number of aromatic nitrogens is 1. The quantitative estimate of drug-likeness (QED) is 0.887. The highest BCUT2D eigenvalue weighted by molar-refractivity contribution is 6.36. The Bertz CT molecular complexity index is 413. The largest absolute Gasteiger partial charge is 0.467 e. The van der Waals surface area contributed by atoms with Crippen LogP contribution in [0.3, 0.4) is 0 Å². The van der Waals surface area contributed by atoms with Gasteiger partial charge in [-0.25, -0.2) is 0 Å². The number of pyridine rings is 1.